The minimum Gasteiger partial charge on any atom is -0.748 e. The third-order valence-electron chi connectivity index (χ3n) is 25.3. The summed E-state index contributed by atoms with van der Waals surface area (Å²) < 4.78 is 100. The summed E-state index contributed by atoms with van der Waals surface area (Å²) in [6.45, 7) is 27.3. The first-order chi connectivity index (χ1) is 68.8. The zero-order valence-corrected chi connectivity index (χ0v) is 89.1. The van der Waals surface area contributed by atoms with E-state index >= 15 is 0 Å². The second-order valence-electron chi connectivity index (χ2n) is 40.7. The number of carbonyl (C=O) groups excluding carboxylic acids is 12. The number of nitrogens with two attached hydrogens (primary N) is 2. The van der Waals surface area contributed by atoms with E-state index < -0.39 is 115 Å². The molecule has 6 aromatic carbocycles. The summed E-state index contributed by atoms with van der Waals surface area (Å²) in [7, 11) is -7.83. The Morgan fingerprint density at radius 1 is 0.466 bits per heavy atom. The molecule has 0 spiro atoms. The van der Waals surface area contributed by atoms with Crippen LogP contribution in [0.2, 0.25) is 0 Å². The van der Waals surface area contributed by atoms with E-state index in [1.54, 1.807) is 44.2 Å². The number of nitrogens with zero attached hydrogens (tertiary/aromatic N) is 2. The topological polar surface area (TPSA) is 535 Å². The second-order valence-corrected chi connectivity index (χ2v) is 43.5. The highest BCUT2D eigenvalue weighted by Gasteiger charge is 2.52. The molecular weight excluding hydrogens is 1940 g/mol. The Balaban J connectivity index is 0.000000470. The van der Waals surface area contributed by atoms with Crippen molar-refractivity contribution in [3.8, 4) is 35.3 Å². The largest absolute Gasteiger partial charge is 0.748 e. The summed E-state index contributed by atoms with van der Waals surface area (Å²) in [6.07, 6.45) is 11.3. The number of hydrogen-bond acceptors (Lipinski definition) is 29. The highest BCUT2D eigenvalue weighted by Crippen LogP contribution is 2.36. The van der Waals surface area contributed by atoms with Gasteiger partial charge in [-0.3, -0.25) is 57.5 Å². The molecule has 0 bridgehead atoms. The average Bonchev–Trinajstić information content (AvgIpc) is 1.72. The predicted molar refractivity (Wildman–Crippen MR) is 560 cm³/mol. The lowest BCUT2D eigenvalue weighted by Crippen LogP contribution is -2.57. The third kappa shape index (κ3) is 46.9. The summed E-state index contributed by atoms with van der Waals surface area (Å²) in [5.41, 5.74) is 15.3. The highest BCUT2D eigenvalue weighted by atomic mass is 32.2. The number of ether oxygens (including phenoxy) is 8. The number of ketones is 6. The Bertz CT molecular complexity index is 5580. The molecule has 4 amide bonds. The van der Waals surface area contributed by atoms with Gasteiger partial charge < -0.3 is 94.9 Å². The molecule has 10 rings (SSSR count). The first-order valence-corrected chi connectivity index (χ1v) is 53.5. The maximum atomic E-state index is 14.7. The molecule has 148 heavy (non-hydrogen) atoms. The van der Waals surface area contributed by atoms with Gasteiger partial charge in [0, 0.05) is 105 Å². The average molecular weight is 2100 g/mol. The lowest BCUT2D eigenvalue weighted by molar-refractivity contribution is -0.940. The molecule has 814 valence electrons. The van der Waals surface area contributed by atoms with Crippen molar-refractivity contribution < 1.29 is 130 Å². The van der Waals surface area contributed by atoms with E-state index in [1.807, 2.05) is 183 Å². The molecule has 0 unspecified atom stereocenters. The van der Waals surface area contributed by atoms with Crippen LogP contribution in [0.5, 0.6) is 23.0 Å². The predicted octanol–water partition coefficient (Wildman–Crippen LogP) is 11.1. The molecule has 0 radical (unpaired) electrons. The van der Waals surface area contributed by atoms with Gasteiger partial charge >= 0.3 is 11.9 Å². The quantitative estimate of drug-likeness (QED) is 0.00466. The molecule has 11 N–H and O–H groups in total. The number of Topliss-reactive ketones (excluding diaryl/α,β-unsaturated/α-hetero) is 6. The van der Waals surface area contributed by atoms with E-state index in [-0.39, 0.29) is 137 Å². The molecule has 4 fully saturated rings. The number of aryl methyl sites for hydroxylation is 2. The van der Waals surface area contributed by atoms with Crippen molar-refractivity contribution in [2.24, 2.45) is 58.8 Å². The molecule has 4 heterocycles. The molecular formula is C111H157N9O26S2. The number of benzene rings is 6. The Kier molecular flexibility index (Phi) is 52.5. The summed E-state index contributed by atoms with van der Waals surface area (Å²) in [5, 5.41) is 12.1. The molecule has 0 aromatic heterocycles. The number of quaternary nitrogens is 2. The maximum Gasteiger partial charge on any atom is 0.308 e. The standard InChI is InChI=1S/C54H73N5O10.C54H69N3O10.2CH4O3S.CH4.H3N/c1-36(2)25-47(49(62)29-43(27-40-15-11-8-12-16-40)53(65)58-48(26-37(3)4)51(63)54(6)35-68-54)57-52(64)41(18-17-39-13-9-7-10-14-39)28-45(61)33-59(21-23-66-24-22-59)32-42-19-20-46(69-38(5)60)30-50(42)67-34-44(56)31-55;1-8-25-65-50-33-46(67-39(6)58)22-21-43(50)34-57(23-26-64-27-24-57)35-45(59)31-42(20-19-40-15-11-9-12-16-40)52(62)55-47(28-37(2)3)49(60)32-44(30-41-17-13-10-14-18-41)53(63)56-48(29-38(4)5)51(61)54(7)36-66-54;2*1-5(2,3)4;;/h7-16,19-20,30-31,36-37,41,43,47-48H,17-18,21-29,32-35,55-56H2,1-6H3,(H-,57,58,64,65);1,9-18,21-22,33,37-38,42,44,47-48H,19-20,23-32,34-36H2,2-7H3,(H-,55,56,62,63);2*1H3,(H,2,3,4);1H4;1H3/b44-31-;;;;;/t41-,43-,47+,48+,54-;42-,44-,47+,48+,54-;;;;/m11..../s1. The number of esters is 2. The Morgan fingerprint density at radius 3 is 1.06 bits per heavy atom. The zero-order valence-electron chi connectivity index (χ0n) is 87.5. The molecule has 4 aliphatic rings. The van der Waals surface area contributed by atoms with E-state index in [1.165, 1.54) is 20.0 Å². The van der Waals surface area contributed by atoms with Crippen LogP contribution in [0.25, 0.3) is 0 Å². The molecule has 35 nitrogen and oxygen atoms in total. The van der Waals surface area contributed by atoms with E-state index in [0.29, 0.717) is 180 Å². The van der Waals surface area contributed by atoms with E-state index in [9.17, 15) is 57.5 Å². The van der Waals surface area contributed by atoms with Gasteiger partial charge in [-0.2, -0.15) is 0 Å². The van der Waals surface area contributed by atoms with Gasteiger partial charge in [0.25, 0.3) is 0 Å². The third-order valence-corrected chi connectivity index (χ3v) is 25.3. The first kappa shape index (κ1) is 127. The van der Waals surface area contributed by atoms with Crippen molar-refractivity contribution in [2.75, 3.05) is 105 Å². The van der Waals surface area contributed by atoms with Crippen LogP contribution in [0.15, 0.2) is 170 Å². The van der Waals surface area contributed by atoms with Crippen LogP contribution in [0.1, 0.15) is 188 Å². The number of epoxide rings is 2. The minimum absolute atomic E-state index is 0. The smallest absolute Gasteiger partial charge is 0.308 e. The molecule has 6 aromatic rings. The summed E-state index contributed by atoms with van der Waals surface area (Å²) in [4.78, 5) is 166. The van der Waals surface area contributed by atoms with Crippen LogP contribution in [-0.4, -0.2) is 245 Å². The highest BCUT2D eigenvalue weighted by molar-refractivity contribution is 7.85. The fourth-order valence-corrected chi connectivity index (χ4v) is 17.7. The monoisotopic (exact) mass is 2100 g/mol. The molecule has 37 heteroatoms. The second kappa shape index (κ2) is 61.4. The van der Waals surface area contributed by atoms with E-state index in [4.69, 9.17) is 81.7 Å². The van der Waals surface area contributed by atoms with Crippen LogP contribution in [0.3, 0.4) is 0 Å². The van der Waals surface area contributed by atoms with Crippen molar-refractivity contribution in [2.45, 2.75) is 229 Å². The Morgan fingerprint density at radius 2 is 0.764 bits per heavy atom. The molecule has 10 atom stereocenters. The number of carbonyl (C=O) groups is 12. The van der Waals surface area contributed by atoms with Gasteiger partial charge in [-0.05, 0) is 148 Å². The van der Waals surface area contributed by atoms with Crippen LogP contribution in [0.4, 0.5) is 0 Å². The summed E-state index contributed by atoms with van der Waals surface area (Å²) >= 11 is 0. The number of morpholine rings is 2. The van der Waals surface area contributed by atoms with Gasteiger partial charge in [0.15, 0.2) is 34.7 Å². The lowest BCUT2D eigenvalue weighted by Gasteiger charge is -2.41. The number of terminal acetylenes is 1. The van der Waals surface area contributed by atoms with Crippen molar-refractivity contribution in [1.29, 1.82) is 0 Å². The fourth-order valence-electron chi connectivity index (χ4n) is 17.7. The molecule has 0 aliphatic carbocycles. The number of nitrogens with one attached hydrogen (secondary N) is 4. The summed E-state index contributed by atoms with van der Waals surface area (Å²) in [6, 6.07) is 45.2. The van der Waals surface area contributed by atoms with Gasteiger partial charge in [0.1, 0.15) is 99.8 Å². The number of rotatable bonds is 55. The lowest BCUT2D eigenvalue weighted by atomic mass is 9.87. The van der Waals surface area contributed by atoms with Gasteiger partial charge in [-0.1, -0.05) is 190 Å². The van der Waals surface area contributed by atoms with Crippen LogP contribution in [-0.2, 0) is 135 Å². The fraction of sp³-hybridized carbons (Fsp3) is 0.532. The summed E-state index contributed by atoms with van der Waals surface area (Å²) in [5.74, 6) is -2.79. The van der Waals surface area contributed by atoms with Crippen molar-refractivity contribution in [3.63, 3.8) is 0 Å². The first-order valence-electron chi connectivity index (χ1n) is 49.8. The molecule has 4 saturated heterocycles. The normalized spacial score (nSPS) is 17.5. The SMILES string of the molecule is C.C#CCOc1cc(OC(C)=O)ccc1C[N+]1(CC(=O)C[C@@H](CCc2ccccc2)C(=O)N[C@@H](CC(C)C)C(=O)C[C@@H](Cc2ccccc2)C(=O)N[C@@H](CC(C)C)C(=O)[C@@]2(C)CO2)CCOCC1.CC(=O)Oc1ccc(C[N+]2(CC(=O)C[C@@H](CCc3ccccc3)C(=O)N[C@@H](CC(C)C)C(=O)C[C@@H](Cc3ccccc3)C(=O)N[C@@H](CC(C)C)C(=O)[C@@]3(C)CO3)CCOCC2)c(OC/C(N)=C/N)c1.CS(=O)(=O)[O-].CS(=O)(=O)[O-].N. The van der Waals surface area contributed by atoms with Gasteiger partial charge in [-0.25, -0.2) is 16.8 Å². The van der Waals surface area contributed by atoms with Gasteiger partial charge in [0.2, 0.25) is 23.6 Å². The minimum atomic E-state index is -3.92. The van der Waals surface area contributed by atoms with Crippen LogP contribution in [0, 0.1) is 59.7 Å². The maximum absolute atomic E-state index is 14.7. The molecule has 4 aliphatic heterocycles. The van der Waals surface area contributed by atoms with Gasteiger partial charge in [0.05, 0.1) is 89.7 Å². The Labute approximate surface area is 873 Å². The van der Waals surface area contributed by atoms with Gasteiger partial charge in [-0.15, -0.1) is 6.42 Å². The van der Waals surface area contributed by atoms with Crippen molar-refractivity contribution >= 4 is 90.5 Å². The Hall–Kier alpha value is -11.8. The van der Waals surface area contributed by atoms with Crippen molar-refractivity contribution in [1.82, 2.24) is 27.4 Å². The van der Waals surface area contributed by atoms with Crippen molar-refractivity contribution in [3.05, 3.63) is 203 Å². The number of hydrogen-bond donors (Lipinski definition) is 7. The van der Waals surface area contributed by atoms with E-state index in [0.717, 1.165) is 33.4 Å². The van der Waals surface area contributed by atoms with Crippen LogP contribution < -0.4 is 57.8 Å². The molecule has 0 saturated carbocycles. The van der Waals surface area contributed by atoms with E-state index in [2.05, 4.69) is 27.2 Å². The zero-order chi connectivity index (χ0) is 108. The number of amides is 4. The van der Waals surface area contributed by atoms with Crippen LogP contribution >= 0.6 is 0 Å².